The number of halogens is 1. The van der Waals surface area contributed by atoms with Crippen LogP contribution in [0.2, 0.25) is 0 Å². The van der Waals surface area contributed by atoms with Gasteiger partial charge in [0.05, 0.1) is 10.8 Å². The van der Waals surface area contributed by atoms with Gasteiger partial charge in [-0.3, -0.25) is 4.21 Å². The first kappa shape index (κ1) is 12.5. The summed E-state index contributed by atoms with van der Waals surface area (Å²) in [5, 5.41) is 0. The van der Waals surface area contributed by atoms with Crippen molar-refractivity contribution in [3.8, 4) is 0 Å². The molecule has 0 aliphatic rings. The van der Waals surface area contributed by atoms with E-state index < -0.39 is 10.8 Å². The molecule has 17 heavy (non-hydrogen) atoms. The summed E-state index contributed by atoms with van der Waals surface area (Å²) in [6, 6.07) is 17.8. The van der Waals surface area contributed by atoms with E-state index >= 15 is 0 Å². The molecule has 1 atom stereocenters. The van der Waals surface area contributed by atoms with Crippen LogP contribution in [0.1, 0.15) is 5.56 Å². The van der Waals surface area contributed by atoms with Gasteiger partial charge in [0.2, 0.25) is 0 Å². The summed E-state index contributed by atoms with van der Waals surface area (Å²) in [6.07, 6.45) is 0.851. The van der Waals surface area contributed by atoms with Gasteiger partial charge in [0.1, 0.15) is 0 Å². The highest BCUT2D eigenvalue weighted by Crippen LogP contribution is 2.14. The molecule has 0 aromatic heterocycles. The number of hydrogen-bond acceptors (Lipinski definition) is 1. The molecule has 0 spiro atoms. The molecule has 0 heterocycles. The molecule has 88 valence electrons. The number of hydrogen-bond donors (Lipinski definition) is 0. The molecule has 0 radical (unpaired) electrons. The third-order valence-corrected chi connectivity index (χ3v) is 4.40. The summed E-state index contributed by atoms with van der Waals surface area (Å²) in [4.78, 5) is 0.893. The SMILES string of the molecule is O=[S@](CCc1ccccc1)c1ccc(Br)cc1. The lowest BCUT2D eigenvalue weighted by Gasteiger charge is -2.03. The van der Waals surface area contributed by atoms with E-state index in [0.717, 1.165) is 15.8 Å². The van der Waals surface area contributed by atoms with Crippen molar-refractivity contribution in [2.45, 2.75) is 11.3 Å². The fourth-order valence-corrected chi connectivity index (χ4v) is 2.92. The molecular weight excluding hydrogens is 296 g/mol. The molecule has 0 aliphatic carbocycles. The molecule has 0 aliphatic heterocycles. The first-order valence-electron chi connectivity index (χ1n) is 5.43. The van der Waals surface area contributed by atoms with Crippen LogP contribution < -0.4 is 0 Å². The summed E-state index contributed by atoms with van der Waals surface area (Å²) < 4.78 is 13.0. The van der Waals surface area contributed by atoms with Crippen LogP contribution in [0.15, 0.2) is 64.0 Å². The Labute approximate surface area is 112 Å². The normalized spacial score (nSPS) is 12.3. The Kier molecular flexibility index (Phi) is 4.51. The van der Waals surface area contributed by atoms with E-state index in [0.29, 0.717) is 5.75 Å². The largest absolute Gasteiger partial charge is 0.254 e. The Balaban J connectivity index is 1.96. The molecular formula is C14H13BrOS. The first-order chi connectivity index (χ1) is 8.25. The van der Waals surface area contributed by atoms with Gasteiger partial charge in [-0.25, -0.2) is 0 Å². The van der Waals surface area contributed by atoms with Gasteiger partial charge >= 0.3 is 0 Å². The smallest absolute Gasteiger partial charge is 0.0532 e. The average molecular weight is 309 g/mol. The van der Waals surface area contributed by atoms with Gasteiger partial charge in [-0.2, -0.15) is 0 Å². The summed E-state index contributed by atoms with van der Waals surface area (Å²) in [7, 11) is -0.913. The number of benzene rings is 2. The third-order valence-electron chi connectivity index (χ3n) is 2.50. The molecule has 2 aromatic rings. The predicted octanol–water partition coefficient (Wildman–Crippen LogP) is 3.80. The Bertz CT molecular complexity index is 493. The van der Waals surface area contributed by atoms with E-state index in [9.17, 15) is 4.21 Å². The molecule has 2 rings (SSSR count). The van der Waals surface area contributed by atoms with E-state index in [1.54, 1.807) is 0 Å². The van der Waals surface area contributed by atoms with E-state index in [1.807, 2.05) is 42.5 Å². The van der Waals surface area contributed by atoms with Crippen LogP contribution in [0, 0.1) is 0 Å². The molecule has 1 nitrogen and oxygen atoms in total. The highest BCUT2D eigenvalue weighted by molar-refractivity contribution is 9.10. The lowest BCUT2D eigenvalue weighted by molar-refractivity contribution is 0.682. The van der Waals surface area contributed by atoms with Crippen molar-refractivity contribution in [2.24, 2.45) is 0 Å². The standard InChI is InChI=1S/C14H13BrOS/c15-13-6-8-14(9-7-13)17(16)11-10-12-4-2-1-3-5-12/h1-9H,10-11H2/t17-/m1/s1. The van der Waals surface area contributed by atoms with E-state index in [2.05, 4.69) is 28.1 Å². The zero-order valence-electron chi connectivity index (χ0n) is 9.30. The molecule has 0 saturated carbocycles. The van der Waals surface area contributed by atoms with Gasteiger partial charge < -0.3 is 0 Å². The summed E-state index contributed by atoms with van der Waals surface area (Å²) in [5.74, 6) is 0.672. The molecule has 0 unspecified atom stereocenters. The fourth-order valence-electron chi connectivity index (χ4n) is 1.56. The first-order valence-corrected chi connectivity index (χ1v) is 7.55. The van der Waals surface area contributed by atoms with E-state index in [1.165, 1.54) is 5.56 Å². The molecule has 3 heteroatoms. The van der Waals surface area contributed by atoms with Gasteiger partial charge in [-0.15, -0.1) is 0 Å². The van der Waals surface area contributed by atoms with Crippen molar-refractivity contribution in [2.75, 3.05) is 5.75 Å². The maximum Gasteiger partial charge on any atom is 0.0532 e. The van der Waals surface area contributed by atoms with Crippen LogP contribution in [-0.2, 0) is 17.2 Å². The Morgan fingerprint density at radius 2 is 1.59 bits per heavy atom. The minimum absolute atomic E-state index is 0.672. The zero-order chi connectivity index (χ0) is 12.1. The van der Waals surface area contributed by atoms with Crippen LogP contribution in [-0.4, -0.2) is 9.96 Å². The maximum atomic E-state index is 12.0. The van der Waals surface area contributed by atoms with Crippen molar-refractivity contribution < 1.29 is 4.21 Å². The lowest BCUT2D eigenvalue weighted by Crippen LogP contribution is -2.01. The van der Waals surface area contributed by atoms with Crippen molar-refractivity contribution in [1.82, 2.24) is 0 Å². The van der Waals surface area contributed by atoms with Gasteiger partial charge in [0.25, 0.3) is 0 Å². The monoisotopic (exact) mass is 308 g/mol. The van der Waals surface area contributed by atoms with Crippen LogP contribution in [0.3, 0.4) is 0 Å². The van der Waals surface area contributed by atoms with Crippen LogP contribution in [0.5, 0.6) is 0 Å². The Morgan fingerprint density at radius 1 is 0.941 bits per heavy atom. The zero-order valence-corrected chi connectivity index (χ0v) is 11.7. The van der Waals surface area contributed by atoms with Gasteiger partial charge in [0.15, 0.2) is 0 Å². The molecule has 0 N–H and O–H groups in total. The second kappa shape index (κ2) is 6.12. The molecule has 0 saturated heterocycles. The van der Waals surface area contributed by atoms with Crippen molar-refractivity contribution in [1.29, 1.82) is 0 Å². The summed E-state index contributed by atoms with van der Waals surface area (Å²) >= 11 is 3.37. The molecule has 0 fully saturated rings. The Hall–Kier alpha value is -0.930. The fraction of sp³-hybridized carbons (Fsp3) is 0.143. The topological polar surface area (TPSA) is 17.1 Å². The van der Waals surface area contributed by atoms with Crippen molar-refractivity contribution >= 4 is 26.7 Å². The van der Waals surface area contributed by atoms with Crippen molar-refractivity contribution in [3.05, 3.63) is 64.6 Å². The number of rotatable bonds is 4. The van der Waals surface area contributed by atoms with Gasteiger partial charge in [0, 0.05) is 15.1 Å². The molecule has 0 bridgehead atoms. The second-order valence-corrected chi connectivity index (χ2v) is 6.23. The highest BCUT2D eigenvalue weighted by Gasteiger charge is 2.03. The van der Waals surface area contributed by atoms with Crippen LogP contribution >= 0.6 is 15.9 Å². The quantitative estimate of drug-likeness (QED) is 0.839. The lowest BCUT2D eigenvalue weighted by atomic mass is 10.2. The average Bonchev–Trinajstić information content (AvgIpc) is 2.38. The maximum absolute atomic E-state index is 12.0. The molecule has 0 amide bonds. The Morgan fingerprint density at radius 3 is 2.24 bits per heavy atom. The second-order valence-electron chi connectivity index (χ2n) is 3.74. The summed E-state index contributed by atoms with van der Waals surface area (Å²) in [5.41, 5.74) is 1.23. The van der Waals surface area contributed by atoms with Gasteiger partial charge in [-0.05, 0) is 36.2 Å². The van der Waals surface area contributed by atoms with Gasteiger partial charge in [-0.1, -0.05) is 46.3 Å². The van der Waals surface area contributed by atoms with Crippen molar-refractivity contribution in [3.63, 3.8) is 0 Å². The minimum Gasteiger partial charge on any atom is -0.254 e. The van der Waals surface area contributed by atoms with Crippen LogP contribution in [0.4, 0.5) is 0 Å². The molecule has 2 aromatic carbocycles. The predicted molar refractivity (Wildman–Crippen MR) is 75.6 cm³/mol. The minimum atomic E-state index is -0.913. The third kappa shape index (κ3) is 3.79. The highest BCUT2D eigenvalue weighted by atomic mass is 79.9. The summed E-state index contributed by atoms with van der Waals surface area (Å²) in [6.45, 7) is 0. The van der Waals surface area contributed by atoms with E-state index in [4.69, 9.17) is 0 Å². The van der Waals surface area contributed by atoms with Crippen LogP contribution in [0.25, 0.3) is 0 Å². The number of aryl methyl sites for hydroxylation is 1. The van der Waals surface area contributed by atoms with E-state index in [-0.39, 0.29) is 0 Å².